The molecular formula is C15H14N4O2. The number of nitrogen functional groups attached to an aromatic ring is 1. The Balaban J connectivity index is 2.13. The van der Waals surface area contributed by atoms with Gasteiger partial charge in [0.2, 0.25) is 5.95 Å². The van der Waals surface area contributed by atoms with Crippen LogP contribution in [0.15, 0.2) is 30.3 Å². The van der Waals surface area contributed by atoms with Gasteiger partial charge in [0.05, 0.1) is 17.6 Å². The van der Waals surface area contributed by atoms with E-state index >= 15 is 0 Å². The SMILES string of the molecule is Cc1ccc(O)c(Cn2c(N)nc3ccc(C=O)cc32)n1. The van der Waals surface area contributed by atoms with Gasteiger partial charge < -0.3 is 15.4 Å². The van der Waals surface area contributed by atoms with E-state index in [4.69, 9.17) is 5.73 Å². The third-order valence-corrected chi connectivity index (χ3v) is 3.34. The lowest BCUT2D eigenvalue weighted by Crippen LogP contribution is -2.07. The number of aldehydes is 1. The van der Waals surface area contributed by atoms with Crippen LogP contribution in [0.3, 0.4) is 0 Å². The van der Waals surface area contributed by atoms with Crippen LogP contribution in [0.4, 0.5) is 5.95 Å². The highest BCUT2D eigenvalue weighted by atomic mass is 16.3. The number of imidazole rings is 1. The summed E-state index contributed by atoms with van der Waals surface area (Å²) in [6, 6.07) is 8.49. The van der Waals surface area contributed by atoms with Crippen LogP contribution < -0.4 is 5.73 Å². The second-order valence-electron chi connectivity index (χ2n) is 4.84. The number of rotatable bonds is 3. The normalized spacial score (nSPS) is 10.9. The molecule has 0 amide bonds. The van der Waals surface area contributed by atoms with Gasteiger partial charge in [-0.25, -0.2) is 4.98 Å². The molecule has 3 N–H and O–H groups in total. The van der Waals surface area contributed by atoms with Crippen molar-refractivity contribution in [2.45, 2.75) is 13.5 Å². The van der Waals surface area contributed by atoms with Crippen molar-refractivity contribution in [1.29, 1.82) is 0 Å². The van der Waals surface area contributed by atoms with Crippen LogP contribution in [0, 0.1) is 6.92 Å². The summed E-state index contributed by atoms with van der Waals surface area (Å²) in [7, 11) is 0. The van der Waals surface area contributed by atoms with Gasteiger partial charge in [0.1, 0.15) is 17.7 Å². The highest BCUT2D eigenvalue weighted by Gasteiger charge is 2.12. The average Bonchev–Trinajstić information content (AvgIpc) is 2.78. The van der Waals surface area contributed by atoms with E-state index < -0.39 is 0 Å². The molecule has 0 aliphatic rings. The number of nitrogens with zero attached hydrogens (tertiary/aromatic N) is 3. The molecule has 6 heteroatoms. The Morgan fingerprint density at radius 2 is 2.10 bits per heavy atom. The molecule has 3 aromatic rings. The fourth-order valence-electron chi connectivity index (χ4n) is 2.27. The van der Waals surface area contributed by atoms with E-state index in [2.05, 4.69) is 9.97 Å². The topological polar surface area (TPSA) is 94.0 Å². The Morgan fingerprint density at radius 1 is 1.29 bits per heavy atom. The Hall–Kier alpha value is -2.89. The maximum atomic E-state index is 10.9. The van der Waals surface area contributed by atoms with E-state index in [0.29, 0.717) is 22.7 Å². The number of anilines is 1. The summed E-state index contributed by atoms with van der Waals surface area (Å²) in [4.78, 5) is 19.5. The van der Waals surface area contributed by atoms with Crippen molar-refractivity contribution in [1.82, 2.24) is 14.5 Å². The number of benzene rings is 1. The first-order valence-electron chi connectivity index (χ1n) is 6.45. The van der Waals surface area contributed by atoms with E-state index in [9.17, 15) is 9.90 Å². The molecule has 1 aromatic carbocycles. The van der Waals surface area contributed by atoms with Crippen molar-refractivity contribution < 1.29 is 9.90 Å². The van der Waals surface area contributed by atoms with Crippen molar-refractivity contribution in [2.24, 2.45) is 0 Å². The molecule has 0 spiro atoms. The van der Waals surface area contributed by atoms with Crippen molar-refractivity contribution in [2.75, 3.05) is 5.73 Å². The fraction of sp³-hybridized carbons (Fsp3) is 0.133. The van der Waals surface area contributed by atoms with Crippen LogP contribution in [0.5, 0.6) is 5.75 Å². The quantitative estimate of drug-likeness (QED) is 0.715. The van der Waals surface area contributed by atoms with E-state index in [0.717, 1.165) is 17.5 Å². The minimum atomic E-state index is 0.105. The van der Waals surface area contributed by atoms with Crippen LogP contribution in [0.25, 0.3) is 11.0 Å². The Kier molecular flexibility index (Phi) is 3.06. The predicted octanol–water partition coefficient (Wildman–Crippen LogP) is 1.89. The van der Waals surface area contributed by atoms with Crippen molar-refractivity contribution in [3.05, 3.63) is 47.3 Å². The van der Waals surface area contributed by atoms with Gasteiger partial charge in [-0.3, -0.25) is 9.78 Å². The zero-order valence-electron chi connectivity index (χ0n) is 11.4. The summed E-state index contributed by atoms with van der Waals surface area (Å²) >= 11 is 0. The van der Waals surface area contributed by atoms with Gasteiger partial charge in [-0.15, -0.1) is 0 Å². The van der Waals surface area contributed by atoms with E-state index in [-0.39, 0.29) is 12.3 Å². The van der Waals surface area contributed by atoms with Crippen LogP contribution in [0.1, 0.15) is 21.7 Å². The summed E-state index contributed by atoms with van der Waals surface area (Å²) < 4.78 is 1.73. The first-order valence-corrected chi connectivity index (χ1v) is 6.45. The zero-order chi connectivity index (χ0) is 15.0. The third-order valence-electron chi connectivity index (χ3n) is 3.34. The molecule has 106 valence electrons. The molecule has 0 saturated carbocycles. The van der Waals surface area contributed by atoms with Gasteiger partial charge in [0, 0.05) is 11.3 Å². The number of hydrogen-bond acceptors (Lipinski definition) is 5. The Labute approximate surface area is 120 Å². The summed E-state index contributed by atoms with van der Waals surface area (Å²) in [5.74, 6) is 0.421. The zero-order valence-corrected chi connectivity index (χ0v) is 11.4. The minimum absolute atomic E-state index is 0.105. The molecule has 0 aliphatic heterocycles. The number of hydrogen-bond donors (Lipinski definition) is 2. The van der Waals surface area contributed by atoms with E-state index in [1.54, 1.807) is 34.9 Å². The third kappa shape index (κ3) is 2.31. The average molecular weight is 282 g/mol. The van der Waals surface area contributed by atoms with Crippen LogP contribution >= 0.6 is 0 Å². The fourth-order valence-corrected chi connectivity index (χ4v) is 2.27. The minimum Gasteiger partial charge on any atom is -0.506 e. The smallest absolute Gasteiger partial charge is 0.201 e. The molecule has 0 radical (unpaired) electrons. The standard InChI is InChI=1S/C15H14N4O2/c1-9-2-5-14(21)12(17-9)7-19-13-6-10(8-20)3-4-11(13)18-15(19)16/h2-6,8,21H,7H2,1H3,(H2,16,18). The lowest BCUT2D eigenvalue weighted by molar-refractivity contribution is 0.112. The highest BCUT2D eigenvalue weighted by Crippen LogP contribution is 2.23. The molecule has 2 aromatic heterocycles. The highest BCUT2D eigenvalue weighted by molar-refractivity contribution is 5.86. The second-order valence-corrected chi connectivity index (χ2v) is 4.84. The van der Waals surface area contributed by atoms with Crippen molar-refractivity contribution in [3.8, 4) is 5.75 Å². The van der Waals surface area contributed by atoms with E-state index in [1.165, 1.54) is 0 Å². The molecule has 0 bridgehead atoms. The number of aromatic hydroxyl groups is 1. The number of fused-ring (bicyclic) bond motifs is 1. The van der Waals surface area contributed by atoms with Gasteiger partial charge in [-0.1, -0.05) is 0 Å². The summed E-state index contributed by atoms with van der Waals surface area (Å²) in [5.41, 5.74) is 9.23. The Bertz CT molecular complexity index is 839. The number of pyridine rings is 1. The van der Waals surface area contributed by atoms with Crippen LogP contribution in [0.2, 0.25) is 0 Å². The molecular weight excluding hydrogens is 268 g/mol. The van der Waals surface area contributed by atoms with Crippen LogP contribution in [-0.2, 0) is 6.54 Å². The maximum Gasteiger partial charge on any atom is 0.201 e. The largest absolute Gasteiger partial charge is 0.506 e. The number of aryl methyl sites for hydroxylation is 1. The first kappa shape index (κ1) is 13.1. The van der Waals surface area contributed by atoms with Crippen molar-refractivity contribution in [3.63, 3.8) is 0 Å². The Morgan fingerprint density at radius 3 is 2.86 bits per heavy atom. The lowest BCUT2D eigenvalue weighted by atomic mass is 10.2. The monoisotopic (exact) mass is 282 g/mol. The molecule has 0 aliphatic carbocycles. The molecule has 6 nitrogen and oxygen atoms in total. The van der Waals surface area contributed by atoms with Gasteiger partial charge in [0.15, 0.2) is 0 Å². The molecule has 0 saturated heterocycles. The van der Waals surface area contributed by atoms with Gasteiger partial charge >= 0.3 is 0 Å². The molecule has 3 rings (SSSR count). The van der Waals surface area contributed by atoms with Gasteiger partial charge in [0.25, 0.3) is 0 Å². The molecule has 21 heavy (non-hydrogen) atoms. The molecule has 0 atom stereocenters. The number of aromatic nitrogens is 3. The molecule has 0 unspecified atom stereocenters. The summed E-state index contributed by atoms with van der Waals surface area (Å²) in [6.45, 7) is 2.14. The summed E-state index contributed by atoms with van der Waals surface area (Å²) in [6.07, 6.45) is 0.773. The predicted molar refractivity (Wildman–Crippen MR) is 79.3 cm³/mol. The van der Waals surface area contributed by atoms with E-state index in [1.807, 2.05) is 6.92 Å². The summed E-state index contributed by atoms with van der Waals surface area (Å²) in [5, 5.41) is 9.90. The molecule has 2 heterocycles. The van der Waals surface area contributed by atoms with Gasteiger partial charge in [-0.05, 0) is 37.3 Å². The number of nitrogens with two attached hydrogens (primary N) is 1. The van der Waals surface area contributed by atoms with Crippen LogP contribution in [-0.4, -0.2) is 25.9 Å². The van der Waals surface area contributed by atoms with Crippen molar-refractivity contribution >= 4 is 23.3 Å². The second kappa shape index (κ2) is 4.90. The van der Waals surface area contributed by atoms with Gasteiger partial charge in [-0.2, -0.15) is 0 Å². The first-order chi connectivity index (χ1) is 10.1. The number of carbonyl (C=O) groups excluding carboxylic acids is 1. The number of carbonyl (C=O) groups is 1. The molecule has 0 fully saturated rings. The lowest BCUT2D eigenvalue weighted by Gasteiger charge is -2.08. The maximum absolute atomic E-state index is 10.9.